The molecule has 0 aliphatic heterocycles. The molecule has 0 saturated carbocycles. The molecule has 2 unspecified atom stereocenters. The van der Waals surface area contributed by atoms with Crippen LogP contribution in [0.5, 0.6) is 0 Å². The number of ether oxygens (including phenoxy) is 5. The standard InChI is InChI=1S/C12H26O6/c1-6-17-12(14-5,18-10(2)3)9-15-7-8-16-11(4)13/h10-11,13H,6-9H2,1-5H3. The number of hydrogen-bond acceptors (Lipinski definition) is 6. The molecule has 0 fully saturated rings. The molecule has 6 nitrogen and oxygen atoms in total. The van der Waals surface area contributed by atoms with E-state index in [0.29, 0.717) is 19.8 Å². The van der Waals surface area contributed by atoms with Gasteiger partial charge in [-0.2, -0.15) is 0 Å². The summed E-state index contributed by atoms with van der Waals surface area (Å²) < 4.78 is 26.6. The van der Waals surface area contributed by atoms with Gasteiger partial charge in [-0.1, -0.05) is 0 Å². The molecule has 0 aliphatic rings. The molecule has 1 N–H and O–H groups in total. The highest BCUT2D eigenvalue weighted by atomic mass is 16.9. The van der Waals surface area contributed by atoms with Crippen molar-refractivity contribution >= 4 is 0 Å². The predicted octanol–water partition coefficient (Wildman–Crippen LogP) is 1.12. The summed E-state index contributed by atoms with van der Waals surface area (Å²) in [6.07, 6.45) is -0.839. The van der Waals surface area contributed by atoms with Crippen LogP contribution in [0.3, 0.4) is 0 Å². The molecule has 0 spiro atoms. The number of aliphatic hydroxyl groups excluding tert-OH is 1. The maximum absolute atomic E-state index is 8.91. The van der Waals surface area contributed by atoms with E-state index >= 15 is 0 Å². The second-order valence-electron chi connectivity index (χ2n) is 4.01. The van der Waals surface area contributed by atoms with E-state index in [1.807, 2.05) is 20.8 Å². The van der Waals surface area contributed by atoms with Gasteiger partial charge in [0.15, 0.2) is 6.29 Å². The Morgan fingerprint density at radius 3 is 2.28 bits per heavy atom. The second kappa shape index (κ2) is 9.66. The fourth-order valence-electron chi connectivity index (χ4n) is 1.33. The van der Waals surface area contributed by atoms with Crippen LogP contribution in [0, 0.1) is 0 Å². The lowest BCUT2D eigenvalue weighted by Gasteiger charge is -2.32. The average molecular weight is 266 g/mol. The Bertz CT molecular complexity index is 197. The molecule has 0 aromatic heterocycles. The van der Waals surface area contributed by atoms with Crippen LogP contribution in [-0.4, -0.2) is 57.0 Å². The number of aliphatic hydroxyl groups is 1. The first-order chi connectivity index (χ1) is 8.45. The van der Waals surface area contributed by atoms with Crippen molar-refractivity contribution in [3.8, 4) is 0 Å². The van der Waals surface area contributed by atoms with Gasteiger partial charge in [0.05, 0.1) is 19.3 Å². The SMILES string of the molecule is CCOC(COCCOC(C)O)(OC)OC(C)C. The number of hydrogen-bond donors (Lipinski definition) is 1. The first-order valence-corrected chi connectivity index (χ1v) is 6.20. The molecule has 6 heteroatoms. The van der Waals surface area contributed by atoms with Crippen molar-refractivity contribution in [1.29, 1.82) is 0 Å². The van der Waals surface area contributed by atoms with Crippen LogP contribution in [0.4, 0.5) is 0 Å². The van der Waals surface area contributed by atoms with E-state index in [-0.39, 0.29) is 12.7 Å². The molecule has 0 bridgehead atoms. The van der Waals surface area contributed by atoms with Gasteiger partial charge in [0, 0.05) is 13.7 Å². The highest BCUT2D eigenvalue weighted by Crippen LogP contribution is 2.17. The molecule has 0 aromatic rings. The van der Waals surface area contributed by atoms with Gasteiger partial charge < -0.3 is 28.8 Å². The van der Waals surface area contributed by atoms with Gasteiger partial charge >= 0.3 is 5.97 Å². The molecule has 0 radical (unpaired) electrons. The molecule has 0 saturated heterocycles. The first kappa shape index (κ1) is 17.8. The Morgan fingerprint density at radius 1 is 1.17 bits per heavy atom. The van der Waals surface area contributed by atoms with Crippen molar-refractivity contribution in [3.63, 3.8) is 0 Å². The molecular weight excluding hydrogens is 240 g/mol. The van der Waals surface area contributed by atoms with E-state index < -0.39 is 12.3 Å². The predicted molar refractivity (Wildman–Crippen MR) is 66.0 cm³/mol. The Labute approximate surface area is 109 Å². The highest BCUT2D eigenvalue weighted by Gasteiger charge is 2.33. The number of methoxy groups -OCH3 is 1. The minimum Gasteiger partial charge on any atom is -0.371 e. The fraction of sp³-hybridized carbons (Fsp3) is 1.00. The van der Waals surface area contributed by atoms with Gasteiger partial charge in [-0.15, -0.1) is 0 Å². The van der Waals surface area contributed by atoms with E-state index in [0.717, 1.165) is 0 Å². The smallest absolute Gasteiger partial charge is 0.307 e. The summed E-state index contributed by atoms with van der Waals surface area (Å²) in [6.45, 7) is 8.39. The summed E-state index contributed by atoms with van der Waals surface area (Å²) in [5.74, 6) is -1.19. The monoisotopic (exact) mass is 266 g/mol. The molecule has 0 amide bonds. The lowest BCUT2D eigenvalue weighted by Crippen LogP contribution is -2.45. The quantitative estimate of drug-likeness (QED) is 0.446. The van der Waals surface area contributed by atoms with Crippen LogP contribution < -0.4 is 0 Å². The van der Waals surface area contributed by atoms with E-state index in [1.54, 1.807) is 6.92 Å². The van der Waals surface area contributed by atoms with Crippen LogP contribution in [-0.2, 0) is 23.7 Å². The van der Waals surface area contributed by atoms with Crippen molar-refractivity contribution in [2.45, 2.75) is 46.1 Å². The van der Waals surface area contributed by atoms with Crippen LogP contribution in [0.15, 0.2) is 0 Å². The molecule has 0 rings (SSSR count). The van der Waals surface area contributed by atoms with Gasteiger partial charge in [0.1, 0.15) is 6.61 Å². The molecule has 18 heavy (non-hydrogen) atoms. The van der Waals surface area contributed by atoms with E-state index in [2.05, 4.69) is 0 Å². The molecule has 110 valence electrons. The Balaban J connectivity index is 4.06. The van der Waals surface area contributed by atoms with Crippen LogP contribution >= 0.6 is 0 Å². The maximum Gasteiger partial charge on any atom is 0.307 e. The van der Waals surface area contributed by atoms with Gasteiger partial charge in [0.25, 0.3) is 0 Å². The molecule has 2 atom stereocenters. The summed E-state index contributed by atoms with van der Waals surface area (Å²) in [7, 11) is 1.51. The summed E-state index contributed by atoms with van der Waals surface area (Å²) in [4.78, 5) is 0. The minimum absolute atomic E-state index is 0.0474. The Kier molecular flexibility index (Phi) is 9.53. The van der Waals surface area contributed by atoms with Crippen LogP contribution in [0.2, 0.25) is 0 Å². The van der Waals surface area contributed by atoms with E-state index in [4.69, 9.17) is 28.8 Å². The molecule has 0 aliphatic carbocycles. The zero-order chi connectivity index (χ0) is 14.0. The van der Waals surface area contributed by atoms with Crippen LogP contribution in [0.25, 0.3) is 0 Å². The third-order valence-corrected chi connectivity index (χ3v) is 1.96. The summed E-state index contributed by atoms with van der Waals surface area (Å²) >= 11 is 0. The van der Waals surface area contributed by atoms with Crippen molar-refractivity contribution in [1.82, 2.24) is 0 Å². The third kappa shape index (κ3) is 7.97. The highest BCUT2D eigenvalue weighted by molar-refractivity contribution is 4.58. The topological polar surface area (TPSA) is 66.4 Å². The van der Waals surface area contributed by atoms with E-state index in [9.17, 15) is 0 Å². The second-order valence-corrected chi connectivity index (χ2v) is 4.01. The van der Waals surface area contributed by atoms with Gasteiger partial charge in [-0.3, -0.25) is 0 Å². The third-order valence-electron chi connectivity index (χ3n) is 1.96. The minimum atomic E-state index is -1.19. The Morgan fingerprint density at radius 2 is 1.83 bits per heavy atom. The normalized spacial score (nSPS) is 16.8. The van der Waals surface area contributed by atoms with Gasteiger partial charge in [-0.05, 0) is 27.7 Å². The van der Waals surface area contributed by atoms with Crippen molar-refractivity contribution in [2.75, 3.05) is 33.5 Å². The fourth-order valence-corrected chi connectivity index (χ4v) is 1.33. The van der Waals surface area contributed by atoms with E-state index in [1.165, 1.54) is 7.11 Å². The lowest BCUT2D eigenvalue weighted by molar-refractivity contribution is -0.395. The summed E-state index contributed by atoms with van der Waals surface area (Å²) in [5.41, 5.74) is 0. The summed E-state index contributed by atoms with van der Waals surface area (Å²) in [6, 6.07) is 0. The average Bonchev–Trinajstić information content (AvgIpc) is 2.27. The molecule has 0 aromatic carbocycles. The zero-order valence-corrected chi connectivity index (χ0v) is 12.0. The summed E-state index contributed by atoms with van der Waals surface area (Å²) in [5, 5.41) is 8.91. The Hall–Kier alpha value is -0.240. The van der Waals surface area contributed by atoms with Crippen molar-refractivity contribution in [2.24, 2.45) is 0 Å². The van der Waals surface area contributed by atoms with Gasteiger partial charge in [-0.25, -0.2) is 0 Å². The number of rotatable bonds is 11. The van der Waals surface area contributed by atoms with Crippen molar-refractivity contribution in [3.05, 3.63) is 0 Å². The van der Waals surface area contributed by atoms with Gasteiger partial charge in [0.2, 0.25) is 0 Å². The van der Waals surface area contributed by atoms with Crippen molar-refractivity contribution < 1.29 is 28.8 Å². The first-order valence-electron chi connectivity index (χ1n) is 6.20. The maximum atomic E-state index is 8.91. The molecular formula is C12H26O6. The lowest BCUT2D eigenvalue weighted by atomic mass is 10.4. The zero-order valence-electron chi connectivity index (χ0n) is 12.0. The molecule has 0 heterocycles. The largest absolute Gasteiger partial charge is 0.371 e. The van der Waals surface area contributed by atoms with Crippen LogP contribution in [0.1, 0.15) is 27.7 Å².